The van der Waals surface area contributed by atoms with Gasteiger partial charge >= 0.3 is 0 Å². The summed E-state index contributed by atoms with van der Waals surface area (Å²) in [5.74, 6) is 0. The summed E-state index contributed by atoms with van der Waals surface area (Å²) in [4.78, 5) is 12.2. The van der Waals surface area contributed by atoms with Gasteiger partial charge < -0.3 is 5.73 Å². The van der Waals surface area contributed by atoms with E-state index in [-0.39, 0.29) is 0 Å². The summed E-state index contributed by atoms with van der Waals surface area (Å²) < 4.78 is 0. The molecule has 0 atom stereocenters. The van der Waals surface area contributed by atoms with Crippen LogP contribution >= 0.6 is 23.4 Å². The van der Waals surface area contributed by atoms with Crippen molar-refractivity contribution in [2.75, 3.05) is 5.73 Å². The summed E-state index contributed by atoms with van der Waals surface area (Å²) in [6.07, 6.45) is 4.88. The number of aromatic nitrogens is 3. The lowest BCUT2D eigenvalue weighted by molar-refractivity contribution is 0.961. The minimum atomic E-state index is 0.519. The molecule has 0 radical (unpaired) electrons. The second-order valence-corrected chi connectivity index (χ2v) is 4.07. The van der Waals surface area contributed by atoms with Gasteiger partial charge in [-0.1, -0.05) is 11.6 Å². The van der Waals surface area contributed by atoms with E-state index in [1.807, 2.05) is 0 Å². The van der Waals surface area contributed by atoms with Crippen LogP contribution in [0.1, 0.15) is 0 Å². The van der Waals surface area contributed by atoms with Gasteiger partial charge in [-0.25, -0.2) is 15.0 Å². The molecule has 0 fully saturated rings. The summed E-state index contributed by atoms with van der Waals surface area (Å²) in [5, 5.41) is 1.79. The molecule has 2 N–H and O–H groups in total. The Labute approximate surface area is 95.9 Å². The molecule has 0 bridgehead atoms. The fourth-order valence-corrected chi connectivity index (χ4v) is 1.80. The van der Waals surface area contributed by atoms with Crippen LogP contribution in [0.25, 0.3) is 0 Å². The maximum atomic E-state index is 5.75. The highest BCUT2D eigenvalue weighted by molar-refractivity contribution is 7.99. The first-order chi connectivity index (χ1) is 7.25. The molecule has 2 rings (SSSR count). The number of nitrogen functional groups attached to an aromatic ring is 1. The van der Waals surface area contributed by atoms with Crippen molar-refractivity contribution in [3.05, 3.63) is 35.7 Å². The van der Waals surface area contributed by atoms with Gasteiger partial charge in [0.25, 0.3) is 0 Å². The van der Waals surface area contributed by atoms with Gasteiger partial charge in [0.15, 0.2) is 5.16 Å². The minimum absolute atomic E-state index is 0.519. The Kier molecular flexibility index (Phi) is 3.03. The van der Waals surface area contributed by atoms with Crippen LogP contribution in [0.4, 0.5) is 5.69 Å². The van der Waals surface area contributed by atoms with E-state index in [0.717, 1.165) is 0 Å². The number of pyridine rings is 1. The van der Waals surface area contributed by atoms with E-state index in [2.05, 4.69) is 15.0 Å². The van der Waals surface area contributed by atoms with Crippen molar-refractivity contribution >= 4 is 29.1 Å². The van der Waals surface area contributed by atoms with Crippen molar-refractivity contribution < 1.29 is 0 Å². The van der Waals surface area contributed by atoms with E-state index < -0.39 is 0 Å². The summed E-state index contributed by atoms with van der Waals surface area (Å²) in [5.41, 5.74) is 6.27. The second-order valence-electron chi connectivity index (χ2n) is 2.68. The molecule has 76 valence electrons. The zero-order chi connectivity index (χ0) is 10.7. The van der Waals surface area contributed by atoms with Crippen molar-refractivity contribution in [2.24, 2.45) is 0 Å². The quantitative estimate of drug-likeness (QED) is 0.813. The summed E-state index contributed by atoms with van der Waals surface area (Å²) >= 11 is 7.04. The second kappa shape index (κ2) is 4.46. The van der Waals surface area contributed by atoms with E-state index in [1.54, 1.807) is 30.7 Å². The van der Waals surface area contributed by atoms with Gasteiger partial charge in [0, 0.05) is 18.6 Å². The van der Waals surface area contributed by atoms with Gasteiger partial charge in [-0.05, 0) is 23.9 Å². The summed E-state index contributed by atoms with van der Waals surface area (Å²) in [6, 6.07) is 3.41. The molecular formula is C9H7ClN4S. The number of halogens is 1. The number of nitrogens with two attached hydrogens (primary N) is 1. The average Bonchev–Trinajstić information content (AvgIpc) is 2.24. The standard InChI is InChI=1S/C9H7ClN4S/c10-6-4-7(11)8(14-5-6)15-9-12-2-1-3-13-9/h1-5H,11H2. The van der Waals surface area contributed by atoms with E-state index >= 15 is 0 Å². The van der Waals surface area contributed by atoms with Crippen LogP contribution in [0.5, 0.6) is 0 Å². The molecule has 2 heterocycles. The Bertz CT molecular complexity index is 463. The van der Waals surface area contributed by atoms with Crippen molar-refractivity contribution in [1.29, 1.82) is 0 Å². The Balaban J connectivity index is 2.25. The van der Waals surface area contributed by atoms with E-state index in [0.29, 0.717) is 20.9 Å². The molecule has 2 aromatic heterocycles. The highest BCUT2D eigenvalue weighted by Crippen LogP contribution is 2.28. The van der Waals surface area contributed by atoms with Crippen LogP contribution in [0, 0.1) is 0 Å². The molecule has 0 aromatic carbocycles. The van der Waals surface area contributed by atoms with Gasteiger partial charge in [0.2, 0.25) is 0 Å². The lowest BCUT2D eigenvalue weighted by atomic mass is 10.4. The van der Waals surface area contributed by atoms with Crippen LogP contribution in [-0.4, -0.2) is 15.0 Å². The molecule has 6 heteroatoms. The molecule has 0 spiro atoms. The van der Waals surface area contributed by atoms with Crippen LogP contribution in [-0.2, 0) is 0 Å². The van der Waals surface area contributed by atoms with Gasteiger partial charge in [-0.2, -0.15) is 0 Å². The number of anilines is 1. The Hall–Kier alpha value is -1.33. The molecule has 4 nitrogen and oxygen atoms in total. The largest absolute Gasteiger partial charge is 0.396 e. The van der Waals surface area contributed by atoms with Gasteiger partial charge in [-0.3, -0.25) is 0 Å². The number of hydrogen-bond donors (Lipinski definition) is 1. The summed E-state index contributed by atoms with van der Waals surface area (Å²) in [7, 11) is 0. The average molecular weight is 239 g/mol. The fourth-order valence-electron chi connectivity index (χ4n) is 0.952. The first-order valence-electron chi connectivity index (χ1n) is 4.11. The minimum Gasteiger partial charge on any atom is -0.396 e. The third-order valence-electron chi connectivity index (χ3n) is 1.58. The third kappa shape index (κ3) is 2.57. The molecule has 15 heavy (non-hydrogen) atoms. The first-order valence-corrected chi connectivity index (χ1v) is 5.31. The van der Waals surface area contributed by atoms with Crippen LogP contribution in [0.3, 0.4) is 0 Å². The van der Waals surface area contributed by atoms with Crippen molar-refractivity contribution in [2.45, 2.75) is 10.2 Å². The van der Waals surface area contributed by atoms with Gasteiger partial charge in [0.1, 0.15) is 5.03 Å². The predicted octanol–water partition coefficient (Wildman–Crippen LogP) is 2.26. The Morgan fingerprint density at radius 2 is 1.93 bits per heavy atom. The number of rotatable bonds is 2. The zero-order valence-corrected chi connectivity index (χ0v) is 9.16. The van der Waals surface area contributed by atoms with Crippen molar-refractivity contribution in [3.63, 3.8) is 0 Å². The molecule has 0 amide bonds. The van der Waals surface area contributed by atoms with Crippen molar-refractivity contribution in [1.82, 2.24) is 15.0 Å². The fraction of sp³-hybridized carbons (Fsp3) is 0. The maximum Gasteiger partial charge on any atom is 0.193 e. The van der Waals surface area contributed by atoms with E-state index in [4.69, 9.17) is 17.3 Å². The maximum absolute atomic E-state index is 5.75. The highest BCUT2D eigenvalue weighted by Gasteiger charge is 2.05. The normalized spacial score (nSPS) is 10.2. The molecule has 0 unspecified atom stereocenters. The Morgan fingerprint density at radius 1 is 1.20 bits per heavy atom. The van der Waals surface area contributed by atoms with Gasteiger partial charge in [0.05, 0.1) is 10.7 Å². The number of hydrogen-bond acceptors (Lipinski definition) is 5. The molecule has 0 saturated heterocycles. The molecular weight excluding hydrogens is 232 g/mol. The van der Waals surface area contributed by atoms with E-state index in [9.17, 15) is 0 Å². The van der Waals surface area contributed by atoms with E-state index in [1.165, 1.54) is 11.8 Å². The zero-order valence-electron chi connectivity index (χ0n) is 7.59. The smallest absolute Gasteiger partial charge is 0.193 e. The monoisotopic (exact) mass is 238 g/mol. The third-order valence-corrected chi connectivity index (χ3v) is 2.71. The predicted molar refractivity (Wildman–Crippen MR) is 59.8 cm³/mol. The Morgan fingerprint density at radius 3 is 2.60 bits per heavy atom. The lowest BCUT2D eigenvalue weighted by Gasteiger charge is -2.02. The lowest BCUT2D eigenvalue weighted by Crippen LogP contribution is -1.92. The van der Waals surface area contributed by atoms with Crippen molar-refractivity contribution in [3.8, 4) is 0 Å². The van der Waals surface area contributed by atoms with Crippen LogP contribution in [0.2, 0.25) is 5.02 Å². The summed E-state index contributed by atoms with van der Waals surface area (Å²) in [6.45, 7) is 0. The molecule has 0 aliphatic heterocycles. The van der Waals surface area contributed by atoms with Crippen LogP contribution in [0.15, 0.2) is 40.9 Å². The molecule has 0 aliphatic carbocycles. The number of nitrogens with zero attached hydrogens (tertiary/aromatic N) is 3. The molecule has 2 aromatic rings. The van der Waals surface area contributed by atoms with Crippen LogP contribution < -0.4 is 5.73 Å². The first kappa shape index (κ1) is 10.2. The van der Waals surface area contributed by atoms with Gasteiger partial charge in [-0.15, -0.1) is 0 Å². The highest BCUT2D eigenvalue weighted by atomic mass is 35.5. The topological polar surface area (TPSA) is 64.7 Å². The molecule has 0 aliphatic rings. The SMILES string of the molecule is Nc1cc(Cl)cnc1Sc1ncccn1. The molecule has 0 saturated carbocycles.